The maximum absolute atomic E-state index is 11.9. The summed E-state index contributed by atoms with van der Waals surface area (Å²) >= 11 is 1.50. The first-order valence-electron chi connectivity index (χ1n) is 6.75. The van der Waals surface area contributed by atoms with Crippen molar-refractivity contribution in [2.45, 2.75) is 44.7 Å². The van der Waals surface area contributed by atoms with Crippen molar-refractivity contribution in [1.29, 1.82) is 0 Å². The maximum Gasteiger partial charge on any atom is 0.315 e. The largest absolute Gasteiger partial charge is 0.481 e. The van der Waals surface area contributed by atoms with Crippen LogP contribution in [0.15, 0.2) is 11.6 Å². The average molecular weight is 297 g/mol. The fourth-order valence-corrected chi connectivity index (χ4v) is 3.06. The van der Waals surface area contributed by atoms with Crippen molar-refractivity contribution < 1.29 is 14.7 Å². The molecule has 1 atom stereocenters. The lowest BCUT2D eigenvalue weighted by atomic mass is 9.86. The summed E-state index contributed by atoms with van der Waals surface area (Å²) < 4.78 is 0. The van der Waals surface area contributed by atoms with Crippen molar-refractivity contribution in [2.24, 2.45) is 5.92 Å². The molecule has 7 heteroatoms. The van der Waals surface area contributed by atoms with Gasteiger partial charge < -0.3 is 15.7 Å². The Hall–Kier alpha value is -1.63. The standard InChI is InChI=1S/C13H19N3O3S/c1-8(11-14-6-7-20-11)15-13(19)16-10-4-2-9(3-5-10)12(17)18/h6-10H,2-5H2,1H3,(H,17,18)(H2,15,16,19). The molecule has 0 aromatic carbocycles. The third-order valence-electron chi connectivity index (χ3n) is 3.58. The van der Waals surface area contributed by atoms with E-state index in [0.717, 1.165) is 17.8 Å². The first kappa shape index (κ1) is 14.8. The van der Waals surface area contributed by atoms with Crippen molar-refractivity contribution in [3.8, 4) is 0 Å². The number of hydrogen-bond acceptors (Lipinski definition) is 4. The SMILES string of the molecule is CC(NC(=O)NC1CCC(C(=O)O)CC1)c1nccs1. The fourth-order valence-electron chi connectivity index (χ4n) is 2.42. The zero-order valence-corrected chi connectivity index (χ0v) is 12.2. The summed E-state index contributed by atoms with van der Waals surface area (Å²) in [6, 6.07) is -0.272. The van der Waals surface area contributed by atoms with Crippen LogP contribution in [0.2, 0.25) is 0 Å². The Morgan fingerprint density at radius 2 is 2.10 bits per heavy atom. The molecule has 0 saturated heterocycles. The molecule has 20 heavy (non-hydrogen) atoms. The van der Waals surface area contributed by atoms with Crippen molar-refractivity contribution in [3.63, 3.8) is 0 Å². The molecule has 1 aromatic rings. The van der Waals surface area contributed by atoms with Gasteiger partial charge >= 0.3 is 12.0 Å². The highest BCUT2D eigenvalue weighted by molar-refractivity contribution is 7.09. The molecule has 0 bridgehead atoms. The van der Waals surface area contributed by atoms with E-state index in [4.69, 9.17) is 5.11 Å². The van der Waals surface area contributed by atoms with Gasteiger partial charge in [-0.1, -0.05) is 0 Å². The van der Waals surface area contributed by atoms with Crippen LogP contribution in [0.25, 0.3) is 0 Å². The summed E-state index contributed by atoms with van der Waals surface area (Å²) in [7, 11) is 0. The monoisotopic (exact) mass is 297 g/mol. The van der Waals surface area contributed by atoms with Crippen LogP contribution in [0.5, 0.6) is 0 Å². The highest BCUT2D eigenvalue weighted by Crippen LogP contribution is 2.24. The van der Waals surface area contributed by atoms with Crippen molar-refractivity contribution in [2.75, 3.05) is 0 Å². The van der Waals surface area contributed by atoms with E-state index in [9.17, 15) is 9.59 Å². The van der Waals surface area contributed by atoms with Gasteiger partial charge in [0.05, 0.1) is 12.0 Å². The number of amides is 2. The van der Waals surface area contributed by atoms with E-state index in [2.05, 4.69) is 15.6 Å². The molecule has 2 rings (SSSR count). The summed E-state index contributed by atoms with van der Waals surface area (Å²) in [6.45, 7) is 1.89. The molecule has 1 saturated carbocycles. The van der Waals surface area contributed by atoms with Crippen LogP contribution in [0.1, 0.15) is 43.7 Å². The molecule has 0 spiro atoms. The lowest BCUT2D eigenvalue weighted by molar-refractivity contribution is -0.142. The number of thiazole rings is 1. The predicted octanol–water partition coefficient (Wildman–Crippen LogP) is 2.15. The van der Waals surface area contributed by atoms with Crippen molar-refractivity contribution >= 4 is 23.3 Å². The van der Waals surface area contributed by atoms with E-state index < -0.39 is 5.97 Å². The molecule has 1 heterocycles. The number of rotatable bonds is 4. The van der Waals surface area contributed by atoms with Crippen LogP contribution in [-0.2, 0) is 4.79 Å². The number of carbonyl (C=O) groups excluding carboxylic acids is 1. The van der Waals surface area contributed by atoms with Gasteiger partial charge in [0.15, 0.2) is 0 Å². The lowest BCUT2D eigenvalue weighted by Crippen LogP contribution is -2.44. The van der Waals surface area contributed by atoms with Gasteiger partial charge in [-0.3, -0.25) is 4.79 Å². The van der Waals surface area contributed by atoms with Gasteiger partial charge in [0, 0.05) is 17.6 Å². The molecule has 110 valence electrons. The van der Waals surface area contributed by atoms with Crippen molar-refractivity contribution in [3.05, 3.63) is 16.6 Å². The highest BCUT2D eigenvalue weighted by Gasteiger charge is 2.26. The minimum Gasteiger partial charge on any atom is -0.481 e. The van der Waals surface area contributed by atoms with Crippen LogP contribution in [0, 0.1) is 5.92 Å². The van der Waals surface area contributed by atoms with Crippen LogP contribution >= 0.6 is 11.3 Å². The normalized spacial score (nSPS) is 23.9. The number of carbonyl (C=O) groups is 2. The summed E-state index contributed by atoms with van der Waals surface area (Å²) in [5.74, 6) is -0.990. The van der Waals surface area contributed by atoms with E-state index in [1.165, 1.54) is 11.3 Å². The molecule has 1 aliphatic rings. The lowest BCUT2D eigenvalue weighted by Gasteiger charge is -2.27. The molecule has 2 amide bonds. The first-order chi connectivity index (χ1) is 9.56. The zero-order valence-electron chi connectivity index (χ0n) is 11.3. The zero-order chi connectivity index (χ0) is 14.5. The second-order valence-electron chi connectivity index (χ2n) is 5.10. The highest BCUT2D eigenvalue weighted by atomic mass is 32.1. The Morgan fingerprint density at radius 1 is 1.40 bits per heavy atom. The Balaban J connectivity index is 1.74. The first-order valence-corrected chi connectivity index (χ1v) is 7.63. The van der Waals surface area contributed by atoms with E-state index in [0.29, 0.717) is 12.8 Å². The molecule has 1 unspecified atom stereocenters. The number of urea groups is 1. The summed E-state index contributed by atoms with van der Waals surface area (Å²) in [5.41, 5.74) is 0. The van der Waals surface area contributed by atoms with Crippen LogP contribution in [0.3, 0.4) is 0 Å². The van der Waals surface area contributed by atoms with E-state index >= 15 is 0 Å². The van der Waals surface area contributed by atoms with Gasteiger partial charge in [-0.25, -0.2) is 9.78 Å². The number of aromatic nitrogens is 1. The van der Waals surface area contributed by atoms with E-state index in [-0.39, 0.29) is 24.0 Å². The quantitative estimate of drug-likeness (QED) is 0.794. The molecule has 3 N–H and O–H groups in total. The molecule has 6 nitrogen and oxygen atoms in total. The Bertz CT molecular complexity index is 455. The molecule has 1 aliphatic carbocycles. The van der Waals surface area contributed by atoms with Gasteiger partial charge in [-0.05, 0) is 32.6 Å². The molecular formula is C13H19N3O3S. The Kier molecular flexibility index (Phi) is 4.94. The molecule has 0 aliphatic heterocycles. The van der Waals surface area contributed by atoms with Gasteiger partial charge in [0.2, 0.25) is 0 Å². The summed E-state index contributed by atoms with van der Waals surface area (Å²) in [6.07, 6.45) is 4.40. The van der Waals surface area contributed by atoms with Crippen LogP contribution in [0.4, 0.5) is 4.79 Å². The van der Waals surface area contributed by atoms with Gasteiger partial charge in [0.25, 0.3) is 0 Å². The van der Waals surface area contributed by atoms with Crippen molar-refractivity contribution in [1.82, 2.24) is 15.6 Å². The second kappa shape index (κ2) is 6.69. The summed E-state index contributed by atoms with van der Waals surface area (Å²) in [4.78, 5) is 26.9. The number of nitrogens with one attached hydrogen (secondary N) is 2. The number of carboxylic acid groups (broad SMARTS) is 1. The number of aliphatic carboxylic acids is 1. The maximum atomic E-state index is 11.9. The molecule has 1 fully saturated rings. The summed E-state index contributed by atoms with van der Waals surface area (Å²) in [5, 5.41) is 17.4. The van der Waals surface area contributed by atoms with Crippen LogP contribution in [-0.4, -0.2) is 28.1 Å². The van der Waals surface area contributed by atoms with E-state index in [1.807, 2.05) is 12.3 Å². The third-order valence-corrected chi connectivity index (χ3v) is 4.54. The Labute approximate surface area is 121 Å². The smallest absolute Gasteiger partial charge is 0.315 e. The molecule has 0 radical (unpaired) electrons. The average Bonchev–Trinajstić information content (AvgIpc) is 2.93. The number of hydrogen-bond donors (Lipinski definition) is 3. The number of carboxylic acids is 1. The van der Waals surface area contributed by atoms with Crippen LogP contribution < -0.4 is 10.6 Å². The van der Waals surface area contributed by atoms with Gasteiger partial charge in [0.1, 0.15) is 5.01 Å². The van der Waals surface area contributed by atoms with Gasteiger partial charge in [-0.15, -0.1) is 11.3 Å². The second-order valence-corrected chi connectivity index (χ2v) is 6.02. The topological polar surface area (TPSA) is 91.3 Å². The molecular weight excluding hydrogens is 278 g/mol. The minimum atomic E-state index is -0.731. The molecule has 1 aromatic heterocycles. The fraction of sp³-hybridized carbons (Fsp3) is 0.615. The number of nitrogens with zero attached hydrogens (tertiary/aromatic N) is 1. The van der Waals surface area contributed by atoms with Gasteiger partial charge in [-0.2, -0.15) is 0 Å². The minimum absolute atomic E-state index is 0.0640. The Morgan fingerprint density at radius 3 is 2.65 bits per heavy atom. The van der Waals surface area contributed by atoms with E-state index in [1.54, 1.807) is 6.20 Å². The third kappa shape index (κ3) is 3.93. The predicted molar refractivity (Wildman–Crippen MR) is 75.6 cm³/mol.